The van der Waals surface area contributed by atoms with E-state index in [2.05, 4.69) is 43.3 Å². The molecule has 1 saturated carbocycles. The maximum Gasteiger partial charge on any atom is 0.0627 e. The van der Waals surface area contributed by atoms with E-state index in [1.165, 1.54) is 21.9 Å². The standard InChI is InChI=1S/C20H26O2/c1-4-14-9-15-7-5-6-8-16(15)11-19(14)17-10-18(13-21-2)20(12-17)22-3/h5-9,11,17-18,20H,4,10,12-13H2,1-3H3. The molecule has 2 nitrogen and oxygen atoms in total. The molecule has 118 valence electrons. The number of fused-ring (bicyclic) bond motifs is 1. The fourth-order valence-electron chi connectivity index (χ4n) is 4.01. The van der Waals surface area contributed by atoms with Crippen molar-refractivity contribution in [1.29, 1.82) is 0 Å². The maximum atomic E-state index is 5.71. The van der Waals surface area contributed by atoms with Crippen LogP contribution in [0.2, 0.25) is 0 Å². The van der Waals surface area contributed by atoms with E-state index in [1.807, 2.05) is 7.11 Å². The molecule has 2 aromatic carbocycles. The zero-order valence-corrected chi connectivity index (χ0v) is 13.8. The molecule has 1 aliphatic carbocycles. The van der Waals surface area contributed by atoms with E-state index in [0.717, 1.165) is 25.9 Å². The molecule has 3 unspecified atom stereocenters. The number of hydrogen-bond donors (Lipinski definition) is 0. The number of benzene rings is 2. The highest BCUT2D eigenvalue weighted by molar-refractivity contribution is 5.84. The first-order chi connectivity index (χ1) is 10.8. The zero-order valence-electron chi connectivity index (χ0n) is 13.8. The lowest BCUT2D eigenvalue weighted by Crippen LogP contribution is -2.20. The van der Waals surface area contributed by atoms with Gasteiger partial charge in [-0.15, -0.1) is 0 Å². The van der Waals surface area contributed by atoms with Crippen molar-refractivity contribution in [3.8, 4) is 0 Å². The molecule has 2 heteroatoms. The smallest absolute Gasteiger partial charge is 0.0627 e. The molecule has 0 spiro atoms. The first-order valence-electron chi connectivity index (χ1n) is 8.30. The summed E-state index contributed by atoms with van der Waals surface area (Å²) in [6.45, 7) is 3.05. The van der Waals surface area contributed by atoms with Gasteiger partial charge in [-0.3, -0.25) is 0 Å². The summed E-state index contributed by atoms with van der Waals surface area (Å²) < 4.78 is 11.1. The molecule has 0 aromatic heterocycles. The third kappa shape index (κ3) is 2.90. The average Bonchev–Trinajstić information content (AvgIpc) is 2.96. The van der Waals surface area contributed by atoms with Crippen LogP contribution in [-0.4, -0.2) is 26.9 Å². The molecule has 1 fully saturated rings. The summed E-state index contributed by atoms with van der Waals surface area (Å²) in [5.41, 5.74) is 3.00. The number of aryl methyl sites for hydroxylation is 1. The predicted molar refractivity (Wildman–Crippen MR) is 91.5 cm³/mol. The van der Waals surface area contributed by atoms with Crippen molar-refractivity contribution < 1.29 is 9.47 Å². The second-order valence-corrected chi connectivity index (χ2v) is 6.41. The second kappa shape index (κ2) is 6.80. The van der Waals surface area contributed by atoms with Gasteiger partial charge in [-0.25, -0.2) is 0 Å². The Morgan fingerprint density at radius 3 is 2.41 bits per heavy atom. The van der Waals surface area contributed by atoms with Crippen LogP contribution < -0.4 is 0 Å². The van der Waals surface area contributed by atoms with Crippen LogP contribution in [0.1, 0.15) is 36.8 Å². The highest BCUT2D eigenvalue weighted by Gasteiger charge is 2.35. The molecule has 0 amide bonds. The van der Waals surface area contributed by atoms with Crippen molar-refractivity contribution in [2.24, 2.45) is 5.92 Å². The zero-order chi connectivity index (χ0) is 15.5. The molecule has 3 rings (SSSR count). The molecule has 2 aromatic rings. The summed E-state index contributed by atoms with van der Waals surface area (Å²) in [5.74, 6) is 1.10. The Morgan fingerprint density at radius 1 is 1.05 bits per heavy atom. The van der Waals surface area contributed by atoms with Gasteiger partial charge in [0.15, 0.2) is 0 Å². The summed E-state index contributed by atoms with van der Waals surface area (Å²) in [5, 5.41) is 2.69. The summed E-state index contributed by atoms with van der Waals surface area (Å²) in [6, 6.07) is 13.4. The van der Waals surface area contributed by atoms with Gasteiger partial charge < -0.3 is 9.47 Å². The first-order valence-corrected chi connectivity index (χ1v) is 8.30. The molecular weight excluding hydrogens is 272 g/mol. The topological polar surface area (TPSA) is 18.5 Å². The number of ether oxygens (including phenoxy) is 2. The number of methoxy groups -OCH3 is 2. The molecule has 1 aliphatic rings. The van der Waals surface area contributed by atoms with Gasteiger partial charge in [0.25, 0.3) is 0 Å². The Bertz CT molecular complexity index is 635. The van der Waals surface area contributed by atoms with Crippen LogP contribution in [0.3, 0.4) is 0 Å². The summed E-state index contributed by atoms with van der Waals surface area (Å²) >= 11 is 0. The van der Waals surface area contributed by atoms with Gasteiger partial charge in [-0.2, -0.15) is 0 Å². The van der Waals surface area contributed by atoms with E-state index >= 15 is 0 Å². The van der Waals surface area contributed by atoms with Crippen molar-refractivity contribution in [2.45, 2.75) is 38.2 Å². The van der Waals surface area contributed by atoms with Crippen LogP contribution >= 0.6 is 0 Å². The lowest BCUT2D eigenvalue weighted by atomic mass is 9.88. The van der Waals surface area contributed by atoms with Crippen LogP contribution in [0.25, 0.3) is 10.8 Å². The van der Waals surface area contributed by atoms with Gasteiger partial charge in [-0.1, -0.05) is 43.3 Å². The Hall–Kier alpha value is -1.38. The van der Waals surface area contributed by atoms with Crippen molar-refractivity contribution >= 4 is 10.8 Å². The highest BCUT2D eigenvalue weighted by Crippen LogP contribution is 2.42. The largest absolute Gasteiger partial charge is 0.384 e. The van der Waals surface area contributed by atoms with E-state index < -0.39 is 0 Å². The summed E-state index contributed by atoms with van der Waals surface area (Å²) in [4.78, 5) is 0. The number of rotatable bonds is 5. The van der Waals surface area contributed by atoms with Crippen molar-refractivity contribution in [2.75, 3.05) is 20.8 Å². The molecule has 0 bridgehead atoms. The molecule has 22 heavy (non-hydrogen) atoms. The van der Waals surface area contributed by atoms with Crippen LogP contribution in [0.15, 0.2) is 36.4 Å². The molecule has 0 saturated heterocycles. The third-order valence-electron chi connectivity index (χ3n) is 5.14. The first kappa shape index (κ1) is 15.5. The molecular formula is C20H26O2. The summed E-state index contributed by atoms with van der Waals surface area (Å²) in [7, 11) is 3.62. The molecule has 0 aliphatic heterocycles. The third-order valence-corrected chi connectivity index (χ3v) is 5.14. The van der Waals surface area contributed by atoms with Crippen LogP contribution in [-0.2, 0) is 15.9 Å². The molecule has 0 N–H and O–H groups in total. The van der Waals surface area contributed by atoms with E-state index in [1.54, 1.807) is 7.11 Å². The maximum absolute atomic E-state index is 5.71. The van der Waals surface area contributed by atoms with Gasteiger partial charge in [-0.05, 0) is 47.1 Å². The van der Waals surface area contributed by atoms with E-state index in [-0.39, 0.29) is 0 Å². The van der Waals surface area contributed by atoms with Gasteiger partial charge in [0.05, 0.1) is 12.7 Å². The minimum atomic E-state index is 0.320. The fraction of sp³-hybridized carbons (Fsp3) is 0.500. The minimum absolute atomic E-state index is 0.320. The second-order valence-electron chi connectivity index (χ2n) is 6.41. The van der Waals surface area contributed by atoms with E-state index in [9.17, 15) is 0 Å². The van der Waals surface area contributed by atoms with Crippen LogP contribution in [0.5, 0.6) is 0 Å². The van der Waals surface area contributed by atoms with E-state index in [0.29, 0.717) is 17.9 Å². The quantitative estimate of drug-likeness (QED) is 0.806. The van der Waals surface area contributed by atoms with Gasteiger partial charge in [0, 0.05) is 20.1 Å². The lowest BCUT2D eigenvalue weighted by molar-refractivity contribution is 0.0331. The molecule has 0 heterocycles. The minimum Gasteiger partial charge on any atom is -0.384 e. The van der Waals surface area contributed by atoms with Crippen LogP contribution in [0, 0.1) is 5.92 Å². The normalized spacial score (nSPS) is 25.0. The van der Waals surface area contributed by atoms with Gasteiger partial charge in [0.1, 0.15) is 0 Å². The van der Waals surface area contributed by atoms with Crippen molar-refractivity contribution in [1.82, 2.24) is 0 Å². The summed E-state index contributed by atoms with van der Waals surface area (Å²) in [6.07, 6.45) is 3.68. The fourth-order valence-corrected chi connectivity index (χ4v) is 4.01. The monoisotopic (exact) mass is 298 g/mol. The predicted octanol–water partition coefficient (Wildman–Crippen LogP) is 4.56. The van der Waals surface area contributed by atoms with Crippen LogP contribution in [0.4, 0.5) is 0 Å². The van der Waals surface area contributed by atoms with Crippen molar-refractivity contribution in [3.05, 3.63) is 47.5 Å². The van der Waals surface area contributed by atoms with Gasteiger partial charge in [0.2, 0.25) is 0 Å². The Labute approximate surface area is 133 Å². The lowest BCUT2D eigenvalue weighted by Gasteiger charge is -2.16. The Morgan fingerprint density at radius 2 is 1.77 bits per heavy atom. The highest BCUT2D eigenvalue weighted by atomic mass is 16.5. The average molecular weight is 298 g/mol. The Balaban J connectivity index is 1.95. The molecule has 3 atom stereocenters. The van der Waals surface area contributed by atoms with Crippen molar-refractivity contribution in [3.63, 3.8) is 0 Å². The Kier molecular flexibility index (Phi) is 4.80. The SMILES string of the molecule is CCc1cc2ccccc2cc1C1CC(COC)C(OC)C1. The van der Waals surface area contributed by atoms with Gasteiger partial charge >= 0.3 is 0 Å². The van der Waals surface area contributed by atoms with E-state index in [4.69, 9.17) is 9.47 Å². The number of hydrogen-bond acceptors (Lipinski definition) is 2. The molecule has 0 radical (unpaired) electrons.